The Balaban J connectivity index is 1.02. The van der Waals surface area contributed by atoms with Crippen molar-refractivity contribution in [2.75, 3.05) is 4.90 Å². The molecule has 1 heterocycles. The average molecular weight is 896 g/mol. The molecule has 12 aromatic carbocycles. The van der Waals surface area contributed by atoms with Crippen molar-refractivity contribution in [1.82, 2.24) is 0 Å². The second-order valence-electron chi connectivity index (χ2n) is 17.9. The number of fused-ring (bicyclic) bond motifs is 8. The highest BCUT2D eigenvalue weighted by Gasteiger charge is 2.43. The van der Waals surface area contributed by atoms with Gasteiger partial charge in [-0.1, -0.05) is 237 Å². The zero-order chi connectivity index (χ0) is 45.7. The lowest BCUT2D eigenvalue weighted by molar-refractivity contribution is 0.672. The quantitative estimate of drug-likeness (QED) is 0.0815. The minimum atomic E-state index is -2.98. The molecule has 2 nitrogen and oxygen atoms in total. The summed E-state index contributed by atoms with van der Waals surface area (Å²) in [6.45, 7) is 0. The molecule has 0 bridgehead atoms. The van der Waals surface area contributed by atoms with Gasteiger partial charge in [-0.05, 0) is 101 Å². The second-order valence-corrected chi connectivity index (χ2v) is 21.7. The third-order valence-corrected chi connectivity index (χ3v) is 19.0. The summed E-state index contributed by atoms with van der Waals surface area (Å²) in [7, 11) is -2.98. The van der Waals surface area contributed by atoms with Crippen LogP contribution in [0.5, 0.6) is 0 Å². The van der Waals surface area contributed by atoms with Gasteiger partial charge in [-0.25, -0.2) is 0 Å². The number of hydrogen-bond acceptors (Lipinski definition) is 2. The lowest BCUT2D eigenvalue weighted by atomic mass is 9.99. The molecule has 0 unspecified atom stereocenters. The maximum atomic E-state index is 6.78. The van der Waals surface area contributed by atoms with Crippen molar-refractivity contribution >= 4 is 100 Å². The van der Waals surface area contributed by atoms with E-state index in [-0.39, 0.29) is 0 Å². The molecule has 1 aromatic heterocycles. The Morgan fingerprint density at radius 1 is 0.319 bits per heavy atom. The Morgan fingerprint density at radius 2 is 0.884 bits per heavy atom. The van der Waals surface area contributed by atoms with Gasteiger partial charge in [-0.15, -0.1) is 0 Å². The fourth-order valence-corrected chi connectivity index (χ4v) is 16.1. The molecule has 13 aromatic rings. The van der Waals surface area contributed by atoms with E-state index in [0.29, 0.717) is 0 Å². The molecule has 0 N–H and O–H groups in total. The first kappa shape index (κ1) is 40.5. The first-order valence-corrected chi connectivity index (χ1v) is 25.7. The van der Waals surface area contributed by atoms with Gasteiger partial charge in [0.25, 0.3) is 0 Å². The van der Waals surface area contributed by atoms with Gasteiger partial charge in [0.1, 0.15) is 11.2 Å². The Bertz CT molecular complexity index is 3970. The van der Waals surface area contributed by atoms with Crippen molar-refractivity contribution in [2.24, 2.45) is 0 Å². The summed E-state index contributed by atoms with van der Waals surface area (Å²) in [5, 5.41) is 15.0. The Labute approximate surface area is 402 Å². The highest BCUT2D eigenvalue weighted by atomic mass is 28.3. The minimum absolute atomic E-state index is 0.887. The number of hydrogen-bond donors (Lipinski definition) is 0. The van der Waals surface area contributed by atoms with E-state index in [1.807, 2.05) is 6.07 Å². The topological polar surface area (TPSA) is 16.4 Å². The van der Waals surface area contributed by atoms with Crippen LogP contribution in [0.2, 0.25) is 0 Å². The van der Waals surface area contributed by atoms with Gasteiger partial charge in [-0.3, -0.25) is 0 Å². The molecular formula is C66H45NOSi. The van der Waals surface area contributed by atoms with Crippen molar-refractivity contribution in [2.45, 2.75) is 0 Å². The fourth-order valence-electron chi connectivity index (χ4n) is 11.1. The van der Waals surface area contributed by atoms with Crippen LogP contribution in [0, 0.1) is 0 Å². The van der Waals surface area contributed by atoms with Gasteiger partial charge in [0, 0.05) is 27.4 Å². The Kier molecular flexibility index (Phi) is 9.88. The first-order valence-electron chi connectivity index (χ1n) is 23.7. The van der Waals surface area contributed by atoms with Crippen LogP contribution in [-0.2, 0) is 0 Å². The predicted octanol–water partition coefficient (Wildman–Crippen LogP) is 15.2. The molecule has 0 aliphatic carbocycles. The molecule has 0 aliphatic heterocycles. The monoisotopic (exact) mass is 895 g/mol. The van der Waals surface area contributed by atoms with Gasteiger partial charge in [0.05, 0.1) is 11.4 Å². The summed E-state index contributed by atoms with van der Waals surface area (Å²) in [6, 6.07) is 100. The van der Waals surface area contributed by atoms with Crippen molar-refractivity contribution in [1.29, 1.82) is 0 Å². The molecule has 0 spiro atoms. The number of para-hydroxylation sites is 2. The highest BCUT2D eigenvalue weighted by molar-refractivity contribution is 7.20. The van der Waals surface area contributed by atoms with E-state index < -0.39 is 8.07 Å². The average Bonchev–Trinajstić information content (AvgIpc) is 3.82. The van der Waals surface area contributed by atoms with Crippen LogP contribution in [0.1, 0.15) is 0 Å². The van der Waals surface area contributed by atoms with Gasteiger partial charge in [0.2, 0.25) is 0 Å². The van der Waals surface area contributed by atoms with E-state index >= 15 is 0 Å². The SMILES string of the molecule is c1ccc(-c2ccccc2N(c2ccc(-c3cccc([Si](c4ccccc4)(c4ccccc4)c4cc5ccccc5c5ccccc45)c3)cc2)c2cccc3ccc4c5ccccc5oc4c23)cc1. The molecule has 3 heteroatoms. The predicted molar refractivity (Wildman–Crippen MR) is 295 cm³/mol. The second kappa shape index (κ2) is 16.8. The van der Waals surface area contributed by atoms with Crippen LogP contribution in [0.25, 0.3) is 76.5 Å². The normalized spacial score (nSPS) is 11.8. The Morgan fingerprint density at radius 3 is 1.65 bits per heavy atom. The molecule has 0 radical (unpaired) electrons. The fraction of sp³-hybridized carbons (Fsp3) is 0. The van der Waals surface area contributed by atoms with Crippen LogP contribution < -0.4 is 25.6 Å². The molecule has 69 heavy (non-hydrogen) atoms. The van der Waals surface area contributed by atoms with E-state index in [1.54, 1.807) is 0 Å². The number of anilines is 3. The molecular weight excluding hydrogens is 851 g/mol. The lowest BCUT2D eigenvalue weighted by Crippen LogP contribution is -2.74. The largest absolute Gasteiger partial charge is 0.455 e. The highest BCUT2D eigenvalue weighted by Crippen LogP contribution is 2.46. The zero-order valence-corrected chi connectivity index (χ0v) is 38.8. The van der Waals surface area contributed by atoms with Crippen LogP contribution in [0.15, 0.2) is 277 Å². The maximum absolute atomic E-state index is 6.78. The van der Waals surface area contributed by atoms with Crippen LogP contribution >= 0.6 is 0 Å². The number of benzene rings is 12. The maximum Gasteiger partial charge on any atom is 0.180 e. The number of rotatable bonds is 9. The lowest BCUT2D eigenvalue weighted by Gasteiger charge is -2.36. The molecule has 0 atom stereocenters. The molecule has 0 saturated carbocycles. The van der Waals surface area contributed by atoms with Crippen LogP contribution in [0.4, 0.5) is 17.1 Å². The molecule has 0 saturated heterocycles. The van der Waals surface area contributed by atoms with E-state index in [2.05, 4.69) is 272 Å². The standard InChI is InChI=1S/C66H45NOSi/c1-4-20-47(21-5-1)56-31-14-16-35-61(56)67(62-36-19-23-48-40-43-60-58-33-15-17-37-63(58)68-66(60)65(48)62)51-41-38-46(39-42-51)49-24-18-29-54(44-49)69(52-25-6-2-7-26-52,53-27-8-3-9-28-53)64-45-50-22-10-11-30-55(50)57-32-12-13-34-59(57)64/h1-45H. The third-order valence-electron chi connectivity index (χ3n) is 14.2. The smallest absolute Gasteiger partial charge is 0.180 e. The van der Waals surface area contributed by atoms with Gasteiger partial charge >= 0.3 is 0 Å². The summed E-state index contributed by atoms with van der Waals surface area (Å²) in [5.41, 5.74) is 9.61. The summed E-state index contributed by atoms with van der Waals surface area (Å²) >= 11 is 0. The summed E-state index contributed by atoms with van der Waals surface area (Å²) < 4.78 is 6.78. The summed E-state index contributed by atoms with van der Waals surface area (Å²) in [6.07, 6.45) is 0. The van der Waals surface area contributed by atoms with Crippen molar-refractivity contribution in [3.8, 4) is 22.3 Å². The van der Waals surface area contributed by atoms with Crippen LogP contribution in [0.3, 0.4) is 0 Å². The summed E-state index contributed by atoms with van der Waals surface area (Å²) in [4.78, 5) is 2.42. The van der Waals surface area contributed by atoms with Crippen molar-refractivity contribution < 1.29 is 4.42 Å². The molecule has 324 valence electrons. The van der Waals surface area contributed by atoms with E-state index in [4.69, 9.17) is 4.42 Å². The van der Waals surface area contributed by atoms with Crippen LogP contribution in [-0.4, -0.2) is 8.07 Å². The van der Waals surface area contributed by atoms with E-state index in [0.717, 1.165) is 66.5 Å². The minimum Gasteiger partial charge on any atom is -0.455 e. The van der Waals surface area contributed by atoms with E-state index in [1.165, 1.54) is 47.9 Å². The molecule has 0 aliphatic rings. The molecule has 13 rings (SSSR count). The zero-order valence-electron chi connectivity index (χ0n) is 37.8. The first-order chi connectivity index (χ1) is 34.2. The van der Waals surface area contributed by atoms with Crippen molar-refractivity contribution in [3.05, 3.63) is 273 Å². The van der Waals surface area contributed by atoms with E-state index in [9.17, 15) is 0 Å². The number of furan rings is 1. The van der Waals surface area contributed by atoms with Gasteiger partial charge in [-0.2, -0.15) is 0 Å². The molecule has 0 fully saturated rings. The van der Waals surface area contributed by atoms with Gasteiger partial charge < -0.3 is 9.32 Å². The van der Waals surface area contributed by atoms with Gasteiger partial charge in [0.15, 0.2) is 8.07 Å². The molecule has 0 amide bonds. The number of nitrogens with zero attached hydrogens (tertiary/aromatic N) is 1. The Hall–Kier alpha value is -8.76. The summed E-state index contributed by atoms with van der Waals surface area (Å²) in [5.74, 6) is 0. The third kappa shape index (κ3) is 6.70. The van der Waals surface area contributed by atoms with Crippen molar-refractivity contribution in [3.63, 3.8) is 0 Å².